The van der Waals surface area contributed by atoms with E-state index < -0.39 is 10.0 Å². The van der Waals surface area contributed by atoms with E-state index in [4.69, 9.17) is 5.84 Å². The van der Waals surface area contributed by atoms with Crippen molar-refractivity contribution in [1.29, 1.82) is 0 Å². The fraction of sp³-hybridized carbons (Fsp3) is 0.333. The van der Waals surface area contributed by atoms with Crippen LogP contribution in [0.3, 0.4) is 0 Å². The third kappa shape index (κ3) is 2.42. The maximum absolute atomic E-state index is 12.3. The molecule has 1 fully saturated rings. The van der Waals surface area contributed by atoms with Crippen molar-refractivity contribution in [2.75, 3.05) is 25.1 Å². The zero-order chi connectivity index (χ0) is 13.2. The number of nitrogens with two attached hydrogens (primary N) is 1. The Hall–Kier alpha value is -1.71. The number of hydrazine groups is 1. The molecule has 0 unspecified atom stereocenters. The van der Waals surface area contributed by atoms with E-state index in [-0.39, 0.29) is 29.7 Å². The van der Waals surface area contributed by atoms with Crippen molar-refractivity contribution in [1.82, 2.24) is 14.6 Å². The first-order chi connectivity index (χ1) is 8.54. The van der Waals surface area contributed by atoms with Gasteiger partial charge in [-0.3, -0.25) is 4.79 Å². The van der Waals surface area contributed by atoms with Gasteiger partial charge in [0.1, 0.15) is 5.82 Å². The molecule has 0 aliphatic carbocycles. The minimum atomic E-state index is -3.69. The van der Waals surface area contributed by atoms with E-state index >= 15 is 0 Å². The Bertz CT molecular complexity index is 559. The van der Waals surface area contributed by atoms with Crippen LogP contribution < -0.4 is 16.6 Å². The van der Waals surface area contributed by atoms with Crippen LogP contribution in [0, 0.1) is 0 Å². The van der Waals surface area contributed by atoms with Crippen LogP contribution in [0.15, 0.2) is 23.2 Å². The Morgan fingerprint density at radius 1 is 1.50 bits per heavy atom. The number of carbonyl (C=O) groups is 1. The highest BCUT2D eigenvalue weighted by Gasteiger charge is 2.29. The summed E-state index contributed by atoms with van der Waals surface area (Å²) >= 11 is 0. The Morgan fingerprint density at radius 3 is 2.94 bits per heavy atom. The predicted molar refractivity (Wildman–Crippen MR) is 63.8 cm³/mol. The van der Waals surface area contributed by atoms with Gasteiger partial charge in [0.05, 0.1) is 11.4 Å². The van der Waals surface area contributed by atoms with E-state index in [2.05, 4.69) is 15.7 Å². The second kappa shape index (κ2) is 4.88. The summed E-state index contributed by atoms with van der Waals surface area (Å²) < 4.78 is 25.6. The number of hydrogen-bond acceptors (Lipinski definition) is 6. The topological polar surface area (TPSA) is 117 Å². The molecule has 1 saturated heterocycles. The highest BCUT2D eigenvalue weighted by Crippen LogP contribution is 2.17. The van der Waals surface area contributed by atoms with Crippen molar-refractivity contribution in [3.8, 4) is 0 Å². The maximum Gasteiger partial charge on any atom is 0.243 e. The molecule has 2 rings (SSSR count). The predicted octanol–water partition coefficient (Wildman–Crippen LogP) is -1.51. The number of carbonyl (C=O) groups excluding carboxylic acids is 1. The summed E-state index contributed by atoms with van der Waals surface area (Å²) in [7, 11) is -3.69. The number of nitrogens with one attached hydrogen (secondary N) is 2. The van der Waals surface area contributed by atoms with Gasteiger partial charge in [0.2, 0.25) is 15.9 Å². The second-order valence-electron chi connectivity index (χ2n) is 3.71. The third-order valence-corrected chi connectivity index (χ3v) is 4.36. The Morgan fingerprint density at radius 2 is 2.28 bits per heavy atom. The van der Waals surface area contributed by atoms with E-state index in [1.165, 1.54) is 18.3 Å². The molecule has 0 radical (unpaired) electrons. The molecule has 1 amide bonds. The molecule has 0 atom stereocenters. The fourth-order valence-electron chi connectivity index (χ4n) is 1.62. The molecule has 1 aromatic heterocycles. The number of sulfonamides is 1. The average Bonchev–Trinajstić information content (AvgIpc) is 2.39. The normalized spacial score (nSPS) is 17.3. The summed E-state index contributed by atoms with van der Waals surface area (Å²) in [6.45, 7) is 0.392. The van der Waals surface area contributed by atoms with Gasteiger partial charge in [0.15, 0.2) is 0 Å². The minimum absolute atomic E-state index is 0.0557. The molecular weight excluding hydrogens is 258 g/mol. The lowest BCUT2D eigenvalue weighted by atomic mass is 10.4. The van der Waals surface area contributed by atoms with Crippen LogP contribution in [0.4, 0.5) is 5.82 Å². The number of piperazine rings is 1. The number of anilines is 1. The first kappa shape index (κ1) is 12.7. The molecule has 0 bridgehead atoms. The summed E-state index contributed by atoms with van der Waals surface area (Å²) in [6.07, 6.45) is 1.34. The highest BCUT2D eigenvalue weighted by molar-refractivity contribution is 7.89. The Kier molecular flexibility index (Phi) is 3.45. The van der Waals surface area contributed by atoms with Crippen molar-refractivity contribution in [3.05, 3.63) is 18.3 Å². The lowest BCUT2D eigenvalue weighted by Crippen LogP contribution is -2.49. The van der Waals surface area contributed by atoms with Crippen molar-refractivity contribution in [2.45, 2.75) is 4.90 Å². The maximum atomic E-state index is 12.3. The summed E-state index contributed by atoms with van der Waals surface area (Å²) in [5.74, 6) is 5.12. The van der Waals surface area contributed by atoms with Crippen LogP contribution in [0.2, 0.25) is 0 Å². The van der Waals surface area contributed by atoms with Gasteiger partial charge in [-0.2, -0.15) is 4.31 Å². The van der Waals surface area contributed by atoms with E-state index in [9.17, 15) is 13.2 Å². The molecule has 8 nitrogen and oxygen atoms in total. The van der Waals surface area contributed by atoms with Crippen LogP contribution >= 0.6 is 0 Å². The Labute approximate surface area is 104 Å². The van der Waals surface area contributed by atoms with Gasteiger partial charge in [0.25, 0.3) is 0 Å². The van der Waals surface area contributed by atoms with Gasteiger partial charge in [-0.05, 0) is 6.07 Å². The van der Waals surface area contributed by atoms with E-state index in [1.807, 2.05) is 0 Å². The molecular formula is C9H13N5O3S. The van der Waals surface area contributed by atoms with Crippen LogP contribution in [-0.4, -0.2) is 43.2 Å². The van der Waals surface area contributed by atoms with Crippen LogP contribution in [0.5, 0.6) is 0 Å². The molecule has 1 aromatic rings. The number of aromatic nitrogens is 1. The number of nitrogens with zero attached hydrogens (tertiary/aromatic N) is 2. The molecule has 1 aliphatic heterocycles. The average molecular weight is 271 g/mol. The smallest absolute Gasteiger partial charge is 0.243 e. The molecule has 0 spiro atoms. The molecule has 0 saturated carbocycles. The molecule has 18 heavy (non-hydrogen) atoms. The summed E-state index contributed by atoms with van der Waals surface area (Å²) in [5, 5.41) is 2.57. The molecule has 2 heterocycles. The summed E-state index contributed by atoms with van der Waals surface area (Å²) in [4.78, 5) is 15.1. The minimum Gasteiger partial charge on any atom is -0.354 e. The summed E-state index contributed by atoms with van der Waals surface area (Å²) in [6, 6.07) is 2.69. The first-order valence-corrected chi connectivity index (χ1v) is 6.67. The summed E-state index contributed by atoms with van der Waals surface area (Å²) in [5.41, 5.74) is 2.28. The number of nitrogen functional groups attached to an aromatic ring is 1. The van der Waals surface area contributed by atoms with Gasteiger partial charge < -0.3 is 10.7 Å². The third-order valence-electron chi connectivity index (χ3n) is 2.52. The SMILES string of the molecule is NNc1cc(S(=O)(=O)N2CCNC(=O)C2)ccn1. The highest BCUT2D eigenvalue weighted by atomic mass is 32.2. The zero-order valence-corrected chi connectivity index (χ0v) is 10.3. The number of pyridine rings is 1. The molecule has 1 aliphatic rings. The van der Waals surface area contributed by atoms with Crippen molar-refractivity contribution in [2.24, 2.45) is 5.84 Å². The zero-order valence-electron chi connectivity index (χ0n) is 9.46. The van der Waals surface area contributed by atoms with Gasteiger partial charge in [-0.1, -0.05) is 0 Å². The van der Waals surface area contributed by atoms with Crippen molar-refractivity contribution in [3.63, 3.8) is 0 Å². The monoisotopic (exact) mass is 271 g/mol. The molecule has 9 heteroatoms. The van der Waals surface area contributed by atoms with Crippen molar-refractivity contribution >= 4 is 21.7 Å². The van der Waals surface area contributed by atoms with Crippen LogP contribution in [0.1, 0.15) is 0 Å². The standard InChI is InChI=1S/C9H13N5O3S/c10-13-8-5-7(1-2-11-8)18(16,17)14-4-3-12-9(15)6-14/h1-2,5H,3-4,6,10H2,(H,11,13)(H,12,15). The number of amides is 1. The number of hydrogen-bond donors (Lipinski definition) is 3. The molecule has 98 valence electrons. The van der Waals surface area contributed by atoms with Crippen LogP contribution in [-0.2, 0) is 14.8 Å². The van der Waals surface area contributed by atoms with E-state index in [1.54, 1.807) is 0 Å². The van der Waals surface area contributed by atoms with Gasteiger partial charge in [-0.25, -0.2) is 19.2 Å². The first-order valence-electron chi connectivity index (χ1n) is 5.23. The quantitative estimate of drug-likeness (QED) is 0.454. The lowest BCUT2D eigenvalue weighted by Gasteiger charge is -2.25. The van der Waals surface area contributed by atoms with Crippen molar-refractivity contribution < 1.29 is 13.2 Å². The second-order valence-corrected chi connectivity index (χ2v) is 5.65. The fourth-order valence-corrected chi connectivity index (χ4v) is 3.03. The number of rotatable bonds is 3. The van der Waals surface area contributed by atoms with Gasteiger partial charge in [-0.15, -0.1) is 0 Å². The Balaban J connectivity index is 2.32. The van der Waals surface area contributed by atoms with Crippen LogP contribution in [0.25, 0.3) is 0 Å². The van der Waals surface area contributed by atoms with E-state index in [0.29, 0.717) is 6.54 Å². The van der Waals surface area contributed by atoms with Gasteiger partial charge in [0, 0.05) is 25.4 Å². The molecule has 4 N–H and O–H groups in total. The van der Waals surface area contributed by atoms with E-state index in [0.717, 1.165) is 4.31 Å². The lowest BCUT2D eigenvalue weighted by molar-refractivity contribution is -0.122. The largest absolute Gasteiger partial charge is 0.354 e. The molecule has 0 aromatic carbocycles. The van der Waals surface area contributed by atoms with Gasteiger partial charge >= 0.3 is 0 Å².